The fourth-order valence-electron chi connectivity index (χ4n) is 5.65. The predicted octanol–water partition coefficient (Wildman–Crippen LogP) is 5.22. The van der Waals surface area contributed by atoms with Gasteiger partial charge in [-0.05, 0) is 80.2 Å². The zero-order valence-corrected chi connectivity index (χ0v) is 19.6. The molecule has 0 spiro atoms. The zero-order valence-electron chi connectivity index (χ0n) is 19.6. The van der Waals surface area contributed by atoms with E-state index in [1.54, 1.807) is 0 Å². The first-order chi connectivity index (χ1) is 16.6. The van der Waals surface area contributed by atoms with E-state index in [9.17, 15) is 0 Å². The lowest BCUT2D eigenvalue weighted by Gasteiger charge is -2.34. The third-order valence-electron chi connectivity index (χ3n) is 7.57. The van der Waals surface area contributed by atoms with Gasteiger partial charge in [-0.25, -0.2) is 0 Å². The molecule has 6 rings (SSSR count). The van der Waals surface area contributed by atoms with Crippen LogP contribution in [-0.4, -0.2) is 44.4 Å². The second kappa shape index (κ2) is 8.27. The van der Waals surface area contributed by atoms with Crippen LogP contribution in [0.5, 0.6) is 0 Å². The van der Waals surface area contributed by atoms with E-state index in [0.717, 1.165) is 34.9 Å². The Morgan fingerprint density at radius 1 is 1.03 bits per heavy atom. The molecule has 6 heteroatoms. The second-order valence-electron chi connectivity index (χ2n) is 9.82. The summed E-state index contributed by atoms with van der Waals surface area (Å²) >= 11 is 0. The second-order valence-corrected chi connectivity index (χ2v) is 9.82. The summed E-state index contributed by atoms with van der Waals surface area (Å²) in [6.07, 6.45) is 9.08. The molecular weight excluding hydrogens is 420 g/mol. The van der Waals surface area contributed by atoms with E-state index in [1.165, 1.54) is 36.8 Å². The van der Waals surface area contributed by atoms with Crippen molar-refractivity contribution >= 4 is 0 Å². The molecule has 1 aliphatic heterocycles. The molecule has 1 saturated carbocycles. The monoisotopic (exact) mass is 448 g/mol. The number of benzene rings is 2. The molecule has 1 aliphatic carbocycles. The van der Waals surface area contributed by atoms with E-state index in [0.29, 0.717) is 17.5 Å². The minimum Gasteiger partial charge on any atom is -0.340 e. The van der Waals surface area contributed by atoms with Gasteiger partial charge in [-0.3, -0.25) is 4.57 Å². The number of hydrogen-bond donors (Lipinski definition) is 0. The molecule has 2 aromatic carbocycles. The quantitative estimate of drug-likeness (QED) is 0.379. The van der Waals surface area contributed by atoms with Gasteiger partial charge in [0, 0.05) is 24.3 Å². The first-order valence-electron chi connectivity index (χ1n) is 12.0. The maximum atomic E-state index is 9.13. The Morgan fingerprint density at radius 2 is 1.88 bits per heavy atom. The van der Waals surface area contributed by atoms with Crippen LogP contribution in [0, 0.1) is 11.3 Å². The third-order valence-corrected chi connectivity index (χ3v) is 7.57. The fourth-order valence-corrected chi connectivity index (χ4v) is 5.65. The number of hydrogen-bond acceptors (Lipinski definition) is 4. The maximum Gasteiger partial charge on any atom is 0.185 e. The molecule has 6 nitrogen and oxygen atoms in total. The molecule has 34 heavy (non-hydrogen) atoms. The van der Waals surface area contributed by atoms with Crippen molar-refractivity contribution in [2.45, 2.75) is 44.2 Å². The standard InChI is InChI=1S/C28H28N6/c1-32(2)25-5-3-4-21(13-25)22-10-11-26-24(12-22)17-33-16-23(20-8-6-19(15-29)7-9-20)14-27(33)28-31-30-18-34(26)28/h6-12,14,16,18,21,25H,3-5,13,17H2,1-2H3. The van der Waals surface area contributed by atoms with E-state index in [2.05, 4.69) is 74.9 Å². The molecule has 3 heterocycles. The highest BCUT2D eigenvalue weighted by Crippen LogP contribution is 2.38. The molecule has 2 unspecified atom stereocenters. The third kappa shape index (κ3) is 3.53. The van der Waals surface area contributed by atoms with Crippen LogP contribution in [0.2, 0.25) is 0 Å². The van der Waals surface area contributed by atoms with E-state index in [4.69, 9.17) is 5.26 Å². The fraction of sp³-hybridized carbons (Fsp3) is 0.321. The van der Waals surface area contributed by atoms with Gasteiger partial charge in [-0.1, -0.05) is 30.7 Å². The van der Waals surface area contributed by atoms with E-state index in [-0.39, 0.29) is 0 Å². The van der Waals surface area contributed by atoms with Crippen molar-refractivity contribution < 1.29 is 0 Å². The molecule has 1 fully saturated rings. The first kappa shape index (κ1) is 20.9. The van der Waals surface area contributed by atoms with Crippen LogP contribution >= 0.6 is 0 Å². The highest BCUT2D eigenvalue weighted by Gasteiger charge is 2.27. The van der Waals surface area contributed by atoms with Gasteiger partial charge in [0.25, 0.3) is 0 Å². The Bertz CT molecular complexity index is 1390. The number of fused-ring (bicyclic) bond motifs is 5. The summed E-state index contributed by atoms with van der Waals surface area (Å²) in [6.45, 7) is 0.794. The Hall–Kier alpha value is -3.69. The number of nitrogens with zero attached hydrogens (tertiary/aromatic N) is 6. The van der Waals surface area contributed by atoms with Crippen LogP contribution in [0.3, 0.4) is 0 Å². The van der Waals surface area contributed by atoms with Crippen LogP contribution in [0.1, 0.15) is 48.3 Å². The van der Waals surface area contributed by atoms with Crippen molar-refractivity contribution in [2.24, 2.45) is 0 Å². The minimum absolute atomic E-state index is 0.605. The Morgan fingerprint density at radius 3 is 2.68 bits per heavy atom. The minimum atomic E-state index is 0.605. The smallest absolute Gasteiger partial charge is 0.185 e. The summed E-state index contributed by atoms with van der Waals surface area (Å²) in [5, 5.41) is 17.8. The zero-order chi connectivity index (χ0) is 23.2. The van der Waals surface area contributed by atoms with Gasteiger partial charge in [-0.2, -0.15) is 5.26 Å². The largest absolute Gasteiger partial charge is 0.340 e. The average molecular weight is 449 g/mol. The summed E-state index contributed by atoms with van der Waals surface area (Å²) in [6, 6.07) is 19.8. The van der Waals surface area contributed by atoms with E-state index < -0.39 is 0 Å². The summed E-state index contributed by atoms with van der Waals surface area (Å²) in [5.74, 6) is 1.46. The molecule has 0 amide bonds. The lowest BCUT2D eigenvalue weighted by atomic mass is 9.80. The molecule has 2 aliphatic rings. The predicted molar refractivity (Wildman–Crippen MR) is 133 cm³/mol. The Labute approximate surface area is 200 Å². The van der Waals surface area contributed by atoms with Crippen LogP contribution < -0.4 is 0 Å². The Balaban J connectivity index is 1.39. The van der Waals surface area contributed by atoms with Gasteiger partial charge in [0.2, 0.25) is 0 Å². The molecule has 0 N–H and O–H groups in total. The summed E-state index contributed by atoms with van der Waals surface area (Å²) < 4.78 is 4.40. The average Bonchev–Trinajstić information content (AvgIpc) is 3.49. The van der Waals surface area contributed by atoms with Crippen molar-refractivity contribution in [3.8, 4) is 34.4 Å². The molecule has 2 atom stereocenters. The number of nitriles is 1. The molecule has 0 radical (unpaired) electrons. The van der Waals surface area contributed by atoms with Crippen LogP contribution in [0.25, 0.3) is 28.3 Å². The molecule has 0 bridgehead atoms. The van der Waals surface area contributed by atoms with Crippen LogP contribution in [-0.2, 0) is 6.54 Å². The molecule has 4 aromatic rings. The van der Waals surface area contributed by atoms with E-state index >= 15 is 0 Å². The highest BCUT2D eigenvalue weighted by molar-refractivity contribution is 5.72. The normalized spacial score (nSPS) is 19.1. The van der Waals surface area contributed by atoms with Crippen molar-refractivity contribution in [1.29, 1.82) is 5.26 Å². The maximum absolute atomic E-state index is 9.13. The highest BCUT2D eigenvalue weighted by atomic mass is 15.3. The van der Waals surface area contributed by atoms with Gasteiger partial charge in [0.05, 0.1) is 23.0 Å². The van der Waals surface area contributed by atoms with Crippen LogP contribution in [0.4, 0.5) is 0 Å². The molecule has 170 valence electrons. The molecule has 2 aromatic heterocycles. The van der Waals surface area contributed by atoms with Crippen molar-refractivity contribution in [2.75, 3.05) is 14.1 Å². The number of aromatic nitrogens is 4. The Kier molecular flexibility index (Phi) is 5.08. The van der Waals surface area contributed by atoms with E-state index in [1.807, 2.05) is 30.6 Å². The summed E-state index contributed by atoms with van der Waals surface area (Å²) in [7, 11) is 4.41. The van der Waals surface area contributed by atoms with Crippen molar-refractivity contribution in [3.63, 3.8) is 0 Å². The topological polar surface area (TPSA) is 62.7 Å². The van der Waals surface area contributed by atoms with Crippen molar-refractivity contribution in [1.82, 2.24) is 24.2 Å². The number of rotatable bonds is 3. The summed E-state index contributed by atoms with van der Waals surface area (Å²) in [4.78, 5) is 2.38. The molecule has 0 saturated heterocycles. The van der Waals surface area contributed by atoms with Gasteiger partial charge in [0.1, 0.15) is 6.33 Å². The molecular formula is C28H28N6. The lowest BCUT2D eigenvalue weighted by Crippen LogP contribution is -2.32. The van der Waals surface area contributed by atoms with Gasteiger partial charge < -0.3 is 9.47 Å². The SMILES string of the molecule is CN(C)C1CCCC(c2ccc3c(c2)Cn2cc(-c4ccc(C#N)cc4)cc2-c2nncn2-3)C1. The van der Waals surface area contributed by atoms with Gasteiger partial charge >= 0.3 is 0 Å². The van der Waals surface area contributed by atoms with Gasteiger partial charge in [-0.15, -0.1) is 10.2 Å². The summed E-state index contributed by atoms with van der Waals surface area (Å²) in [5.41, 5.74) is 7.85. The van der Waals surface area contributed by atoms with Gasteiger partial charge in [0.15, 0.2) is 5.82 Å². The van der Waals surface area contributed by atoms with Crippen LogP contribution in [0.15, 0.2) is 61.1 Å². The van der Waals surface area contributed by atoms with Crippen molar-refractivity contribution in [3.05, 3.63) is 77.7 Å². The lowest BCUT2D eigenvalue weighted by molar-refractivity contribution is 0.213. The first-order valence-corrected chi connectivity index (χ1v) is 12.0.